The van der Waals surface area contributed by atoms with Gasteiger partial charge in [-0.2, -0.15) is 0 Å². The van der Waals surface area contributed by atoms with Gasteiger partial charge in [0.2, 0.25) is 0 Å². The summed E-state index contributed by atoms with van der Waals surface area (Å²) in [5, 5.41) is 1.15. The van der Waals surface area contributed by atoms with E-state index in [0.717, 1.165) is 18.4 Å². The summed E-state index contributed by atoms with van der Waals surface area (Å²) >= 11 is 11.9. The molecule has 5 heteroatoms. The van der Waals surface area contributed by atoms with E-state index in [1.807, 2.05) is 6.07 Å². The van der Waals surface area contributed by atoms with Crippen LogP contribution in [0.5, 0.6) is 0 Å². The van der Waals surface area contributed by atoms with Gasteiger partial charge >= 0.3 is 0 Å². The molecule has 3 nitrogen and oxygen atoms in total. The molecule has 0 aliphatic carbocycles. The van der Waals surface area contributed by atoms with Crippen molar-refractivity contribution in [3.8, 4) is 11.3 Å². The van der Waals surface area contributed by atoms with Gasteiger partial charge in [0.1, 0.15) is 0 Å². The van der Waals surface area contributed by atoms with Crippen molar-refractivity contribution in [3.63, 3.8) is 0 Å². The first-order valence-corrected chi connectivity index (χ1v) is 6.06. The zero-order valence-corrected chi connectivity index (χ0v) is 10.6. The molecule has 1 aromatic heterocycles. The van der Waals surface area contributed by atoms with Gasteiger partial charge in [-0.15, -0.1) is 0 Å². The highest BCUT2D eigenvalue weighted by molar-refractivity contribution is 6.36. The lowest BCUT2D eigenvalue weighted by molar-refractivity contribution is 0.499. The molecule has 2 aromatic rings. The van der Waals surface area contributed by atoms with Crippen LogP contribution in [0.2, 0.25) is 10.0 Å². The predicted molar refractivity (Wildman–Crippen MR) is 69.3 cm³/mol. The minimum Gasteiger partial charge on any atom is -0.441 e. The zero-order valence-electron chi connectivity index (χ0n) is 9.12. The number of hydrogen-bond acceptors (Lipinski definition) is 3. The highest BCUT2D eigenvalue weighted by atomic mass is 35.5. The van der Waals surface area contributed by atoms with Gasteiger partial charge in [0.15, 0.2) is 11.7 Å². The van der Waals surface area contributed by atoms with E-state index in [-0.39, 0.29) is 0 Å². The number of halogens is 2. The first-order chi connectivity index (χ1) is 8.20. The molecule has 0 amide bonds. The second-order valence-electron chi connectivity index (χ2n) is 3.63. The molecule has 0 saturated heterocycles. The molecule has 0 spiro atoms. The molecular formula is C12H12Cl2N2O. The summed E-state index contributed by atoms with van der Waals surface area (Å²) in [5.41, 5.74) is 6.22. The van der Waals surface area contributed by atoms with Crippen LogP contribution in [-0.4, -0.2) is 11.5 Å². The van der Waals surface area contributed by atoms with E-state index in [4.69, 9.17) is 33.4 Å². The zero-order chi connectivity index (χ0) is 12.3. The summed E-state index contributed by atoms with van der Waals surface area (Å²) < 4.78 is 5.60. The molecule has 2 rings (SSSR count). The molecule has 17 heavy (non-hydrogen) atoms. The molecule has 0 radical (unpaired) electrons. The quantitative estimate of drug-likeness (QED) is 0.925. The number of aryl methyl sites for hydroxylation is 1. The summed E-state index contributed by atoms with van der Waals surface area (Å²) in [7, 11) is 0. The summed E-state index contributed by atoms with van der Waals surface area (Å²) in [6.07, 6.45) is 3.26. The molecule has 0 aliphatic rings. The van der Waals surface area contributed by atoms with Crippen molar-refractivity contribution in [1.82, 2.24) is 4.98 Å². The van der Waals surface area contributed by atoms with Gasteiger partial charge in [-0.1, -0.05) is 23.2 Å². The van der Waals surface area contributed by atoms with Gasteiger partial charge in [-0.05, 0) is 31.2 Å². The number of aromatic nitrogens is 1. The fourth-order valence-corrected chi connectivity index (χ4v) is 1.99. The third-order valence-electron chi connectivity index (χ3n) is 2.34. The molecule has 0 fully saturated rings. The van der Waals surface area contributed by atoms with Gasteiger partial charge in [-0.3, -0.25) is 0 Å². The van der Waals surface area contributed by atoms with Crippen molar-refractivity contribution in [1.29, 1.82) is 0 Å². The Morgan fingerprint density at radius 3 is 2.82 bits per heavy atom. The second-order valence-corrected chi connectivity index (χ2v) is 4.48. The molecule has 0 saturated carbocycles. The van der Waals surface area contributed by atoms with Crippen LogP contribution in [0.1, 0.15) is 12.3 Å². The van der Waals surface area contributed by atoms with Crippen molar-refractivity contribution < 1.29 is 4.42 Å². The Balaban J connectivity index is 2.24. The Kier molecular flexibility index (Phi) is 4.05. The maximum Gasteiger partial charge on any atom is 0.194 e. The van der Waals surface area contributed by atoms with E-state index in [1.165, 1.54) is 0 Å². The van der Waals surface area contributed by atoms with Crippen LogP contribution in [0.25, 0.3) is 11.3 Å². The van der Waals surface area contributed by atoms with Crippen LogP contribution in [0.3, 0.4) is 0 Å². The summed E-state index contributed by atoms with van der Waals surface area (Å²) in [4.78, 5) is 4.18. The van der Waals surface area contributed by atoms with Crippen LogP contribution in [0.4, 0.5) is 0 Å². The molecule has 1 heterocycles. The average molecular weight is 271 g/mol. The predicted octanol–water partition coefficient (Wildman–Crippen LogP) is 3.54. The second kappa shape index (κ2) is 5.54. The average Bonchev–Trinajstić information content (AvgIpc) is 2.75. The number of rotatable bonds is 4. The fourth-order valence-electron chi connectivity index (χ4n) is 1.49. The molecule has 0 atom stereocenters. The Morgan fingerprint density at radius 2 is 2.12 bits per heavy atom. The number of nitrogens with two attached hydrogens (primary N) is 1. The largest absolute Gasteiger partial charge is 0.441 e. The van der Waals surface area contributed by atoms with Crippen molar-refractivity contribution in [3.05, 3.63) is 40.3 Å². The molecular weight excluding hydrogens is 259 g/mol. The highest BCUT2D eigenvalue weighted by Crippen LogP contribution is 2.30. The molecule has 0 aliphatic heterocycles. The lowest BCUT2D eigenvalue weighted by Gasteiger charge is -2.00. The van der Waals surface area contributed by atoms with Gasteiger partial charge in [-0.25, -0.2) is 4.98 Å². The van der Waals surface area contributed by atoms with Crippen LogP contribution in [0.15, 0.2) is 28.8 Å². The summed E-state index contributed by atoms with van der Waals surface area (Å²) in [6.45, 7) is 0.624. The molecule has 90 valence electrons. The first-order valence-electron chi connectivity index (χ1n) is 5.31. The summed E-state index contributed by atoms with van der Waals surface area (Å²) in [5.74, 6) is 1.33. The third-order valence-corrected chi connectivity index (χ3v) is 2.89. The minimum absolute atomic E-state index is 0.555. The fraction of sp³-hybridized carbons (Fsp3) is 0.250. The SMILES string of the molecule is NCCCc1ncc(-c2ccc(Cl)cc2Cl)o1. The van der Waals surface area contributed by atoms with Crippen LogP contribution in [0, 0.1) is 0 Å². The molecule has 0 unspecified atom stereocenters. The molecule has 1 aromatic carbocycles. The Labute approximate surface area is 110 Å². The normalized spacial score (nSPS) is 10.8. The van der Waals surface area contributed by atoms with Gasteiger partial charge in [0.05, 0.1) is 11.2 Å². The van der Waals surface area contributed by atoms with E-state index in [9.17, 15) is 0 Å². The summed E-state index contributed by atoms with van der Waals surface area (Å²) in [6, 6.07) is 5.27. The number of benzene rings is 1. The monoisotopic (exact) mass is 270 g/mol. The van der Waals surface area contributed by atoms with Gasteiger partial charge < -0.3 is 10.2 Å². The van der Waals surface area contributed by atoms with Crippen LogP contribution in [-0.2, 0) is 6.42 Å². The Morgan fingerprint density at radius 1 is 1.29 bits per heavy atom. The lowest BCUT2D eigenvalue weighted by atomic mass is 10.2. The number of nitrogens with zero attached hydrogens (tertiary/aromatic N) is 1. The van der Waals surface area contributed by atoms with E-state index in [2.05, 4.69) is 4.98 Å². The van der Waals surface area contributed by atoms with Gasteiger partial charge in [0, 0.05) is 17.0 Å². The maximum absolute atomic E-state index is 6.09. The van der Waals surface area contributed by atoms with Crippen molar-refractivity contribution in [2.45, 2.75) is 12.8 Å². The van der Waals surface area contributed by atoms with E-state index >= 15 is 0 Å². The Hall–Kier alpha value is -1.03. The van der Waals surface area contributed by atoms with E-state index < -0.39 is 0 Å². The lowest BCUT2D eigenvalue weighted by Crippen LogP contribution is -2.00. The van der Waals surface area contributed by atoms with Gasteiger partial charge in [0.25, 0.3) is 0 Å². The van der Waals surface area contributed by atoms with Crippen molar-refractivity contribution in [2.24, 2.45) is 5.73 Å². The van der Waals surface area contributed by atoms with E-state index in [1.54, 1.807) is 18.3 Å². The Bertz CT molecular complexity index is 511. The topological polar surface area (TPSA) is 52.0 Å². The minimum atomic E-state index is 0.555. The van der Waals surface area contributed by atoms with Crippen LogP contribution < -0.4 is 5.73 Å². The first kappa shape index (κ1) is 12.4. The van der Waals surface area contributed by atoms with Crippen molar-refractivity contribution >= 4 is 23.2 Å². The number of oxazole rings is 1. The highest BCUT2D eigenvalue weighted by Gasteiger charge is 2.09. The maximum atomic E-state index is 6.09. The van der Waals surface area contributed by atoms with E-state index in [0.29, 0.717) is 28.2 Å². The van der Waals surface area contributed by atoms with Crippen LogP contribution >= 0.6 is 23.2 Å². The molecule has 2 N–H and O–H groups in total. The standard InChI is InChI=1S/C12H12Cl2N2O/c13-8-3-4-9(10(14)6-8)11-7-16-12(17-11)2-1-5-15/h3-4,6-7H,1-2,5,15H2. The third kappa shape index (κ3) is 3.00. The van der Waals surface area contributed by atoms with Crippen molar-refractivity contribution in [2.75, 3.05) is 6.54 Å². The number of hydrogen-bond donors (Lipinski definition) is 1. The smallest absolute Gasteiger partial charge is 0.194 e. The molecule has 0 bridgehead atoms.